The Balaban J connectivity index is 2.66. The minimum absolute atomic E-state index is 0.144. The number of aryl methyl sites for hydroxylation is 1. The van der Waals surface area contributed by atoms with Crippen LogP contribution in [0.25, 0.3) is 17.3 Å². The number of pyridine rings is 1. The van der Waals surface area contributed by atoms with Gasteiger partial charge in [-0.3, -0.25) is 4.98 Å². The molecule has 0 aliphatic carbocycles. The predicted molar refractivity (Wildman–Crippen MR) is 64.4 cm³/mol. The Hall–Kier alpha value is -2.03. The van der Waals surface area contributed by atoms with Crippen molar-refractivity contribution in [1.29, 1.82) is 0 Å². The summed E-state index contributed by atoms with van der Waals surface area (Å²) in [5.74, 6) is -1.35. The Bertz CT molecular complexity index is 576. The Morgan fingerprint density at radius 2 is 2.00 bits per heavy atom. The van der Waals surface area contributed by atoms with Gasteiger partial charge in [-0.05, 0) is 18.6 Å². The second kappa shape index (κ2) is 4.45. The van der Waals surface area contributed by atoms with Gasteiger partial charge in [-0.15, -0.1) is 0 Å². The molecule has 86 valence electrons. The molecule has 0 atom stereocenters. The van der Waals surface area contributed by atoms with E-state index >= 15 is 0 Å². The fourth-order valence-corrected chi connectivity index (χ4v) is 1.67. The monoisotopic (exact) mass is 231 g/mol. The van der Waals surface area contributed by atoms with Gasteiger partial charge in [0.05, 0.1) is 6.20 Å². The summed E-state index contributed by atoms with van der Waals surface area (Å²) in [6.45, 7) is 5.57. The van der Waals surface area contributed by atoms with Gasteiger partial charge in [0.25, 0.3) is 0 Å². The molecule has 0 amide bonds. The van der Waals surface area contributed by atoms with Crippen molar-refractivity contribution in [3.63, 3.8) is 0 Å². The van der Waals surface area contributed by atoms with Crippen molar-refractivity contribution < 1.29 is 8.78 Å². The molecule has 0 fully saturated rings. The molecule has 1 aromatic carbocycles. The lowest BCUT2D eigenvalue weighted by atomic mass is 10.0. The summed E-state index contributed by atoms with van der Waals surface area (Å²) in [5, 5.41) is 0. The first-order valence-electron chi connectivity index (χ1n) is 5.16. The first-order chi connectivity index (χ1) is 8.11. The smallest absolute Gasteiger partial charge is 0.152 e. The first-order valence-corrected chi connectivity index (χ1v) is 5.16. The molecular formula is C14H11F2N. The summed E-state index contributed by atoms with van der Waals surface area (Å²) >= 11 is 0. The van der Waals surface area contributed by atoms with Crippen LogP contribution in [-0.4, -0.2) is 4.98 Å². The zero-order chi connectivity index (χ0) is 12.4. The Labute approximate surface area is 98.4 Å². The summed E-state index contributed by atoms with van der Waals surface area (Å²) in [6, 6.07) is 6.38. The molecule has 3 heteroatoms. The van der Waals surface area contributed by atoms with E-state index in [4.69, 9.17) is 0 Å². The van der Waals surface area contributed by atoms with Gasteiger partial charge in [-0.1, -0.05) is 30.4 Å². The molecule has 2 aromatic rings. The van der Waals surface area contributed by atoms with E-state index in [2.05, 4.69) is 11.6 Å². The lowest BCUT2D eigenvalue weighted by Gasteiger charge is -2.07. The van der Waals surface area contributed by atoms with E-state index < -0.39 is 11.6 Å². The minimum atomic E-state index is -0.681. The summed E-state index contributed by atoms with van der Waals surface area (Å²) in [6.07, 6.45) is 2.63. The summed E-state index contributed by atoms with van der Waals surface area (Å²) in [7, 11) is 0. The van der Waals surface area contributed by atoms with Crippen molar-refractivity contribution in [1.82, 2.24) is 4.98 Å². The lowest BCUT2D eigenvalue weighted by Crippen LogP contribution is -1.94. The molecule has 2 rings (SSSR count). The van der Waals surface area contributed by atoms with Crippen LogP contribution in [0.5, 0.6) is 0 Å². The zero-order valence-electron chi connectivity index (χ0n) is 9.37. The number of halogens is 2. The molecule has 17 heavy (non-hydrogen) atoms. The number of rotatable bonds is 2. The lowest BCUT2D eigenvalue weighted by molar-refractivity contribution is 0.576. The van der Waals surface area contributed by atoms with Crippen LogP contribution in [0.2, 0.25) is 0 Å². The van der Waals surface area contributed by atoms with Crippen LogP contribution < -0.4 is 0 Å². The van der Waals surface area contributed by atoms with Gasteiger partial charge in [0.15, 0.2) is 5.82 Å². The third-order valence-corrected chi connectivity index (χ3v) is 2.49. The number of benzene rings is 1. The van der Waals surface area contributed by atoms with Crippen LogP contribution in [-0.2, 0) is 0 Å². The largest absolute Gasteiger partial charge is 0.250 e. The third kappa shape index (κ3) is 2.23. The van der Waals surface area contributed by atoms with E-state index in [1.54, 1.807) is 12.1 Å². The van der Waals surface area contributed by atoms with E-state index in [1.807, 2.05) is 19.1 Å². The van der Waals surface area contributed by atoms with Gasteiger partial charge in [-0.25, -0.2) is 8.78 Å². The molecule has 0 unspecified atom stereocenters. The van der Waals surface area contributed by atoms with Crippen molar-refractivity contribution >= 4 is 6.08 Å². The maximum Gasteiger partial charge on any atom is 0.152 e. The van der Waals surface area contributed by atoms with Crippen LogP contribution in [0.4, 0.5) is 8.78 Å². The van der Waals surface area contributed by atoms with Gasteiger partial charge < -0.3 is 0 Å². The highest BCUT2D eigenvalue weighted by Crippen LogP contribution is 2.26. The molecule has 0 N–H and O–H groups in total. The summed E-state index contributed by atoms with van der Waals surface area (Å²) in [5.41, 5.74) is 2.52. The van der Waals surface area contributed by atoms with E-state index in [0.717, 1.165) is 23.4 Å². The van der Waals surface area contributed by atoms with Crippen molar-refractivity contribution in [2.45, 2.75) is 6.92 Å². The van der Waals surface area contributed by atoms with Crippen molar-refractivity contribution in [2.75, 3.05) is 0 Å². The molecule has 0 saturated carbocycles. The molecular weight excluding hydrogens is 220 g/mol. The van der Waals surface area contributed by atoms with Gasteiger partial charge >= 0.3 is 0 Å². The first kappa shape index (κ1) is 11.5. The Morgan fingerprint density at radius 3 is 2.65 bits per heavy atom. The Morgan fingerprint density at radius 1 is 1.24 bits per heavy atom. The number of nitrogens with zero attached hydrogens (tertiary/aromatic N) is 1. The number of hydrogen-bond acceptors (Lipinski definition) is 1. The van der Waals surface area contributed by atoms with Crippen LogP contribution in [0.15, 0.2) is 37.0 Å². The highest BCUT2D eigenvalue weighted by Gasteiger charge is 2.11. The fraction of sp³-hybridized carbons (Fsp3) is 0.0714. The average molecular weight is 231 g/mol. The fourth-order valence-electron chi connectivity index (χ4n) is 1.67. The van der Waals surface area contributed by atoms with Crippen molar-refractivity contribution in [3.05, 3.63) is 59.8 Å². The molecule has 1 nitrogen and oxygen atoms in total. The second-order valence-electron chi connectivity index (χ2n) is 3.78. The zero-order valence-corrected chi connectivity index (χ0v) is 9.37. The molecule has 0 bridgehead atoms. The minimum Gasteiger partial charge on any atom is -0.250 e. The van der Waals surface area contributed by atoms with E-state index in [1.165, 1.54) is 0 Å². The third-order valence-electron chi connectivity index (χ3n) is 2.49. The van der Waals surface area contributed by atoms with Crippen LogP contribution in [0, 0.1) is 18.6 Å². The van der Waals surface area contributed by atoms with Crippen LogP contribution in [0.3, 0.4) is 0 Å². The molecule has 0 radical (unpaired) electrons. The van der Waals surface area contributed by atoms with E-state index in [9.17, 15) is 8.78 Å². The van der Waals surface area contributed by atoms with Crippen LogP contribution >= 0.6 is 0 Å². The summed E-state index contributed by atoms with van der Waals surface area (Å²) < 4.78 is 26.4. The SMILES string of the molecule is C=Cc1ccc(C)cc1-c1ncc(F)cc1F. The van der Waals surface area contributed by atoms with Gasteiger partial charge in [-0.2, -0.15) is 0 Å². The molecule has 1 aromatic heterocycles. The average Bonchev–Trinajstić information content (AvgIpc) is 2.29. The summed E-state index contributed by atoms with van der Waals surface area (Å²) in [4.78, 5) is 3.80. The van der Waals surface area contributed by atoms with Crippen molar-refractivity contribution in [3.8, 4) is 11.3 Å². The molecule has 1 heterocycles. The standard InChI is InChI=1S/C14H11F2N/c1-3-10-5-4-9(2)6-12(10)14-13(16)7-11(15)8-17-14/h3-8H,1H2,2H3. The topological polar surface area (TPSA) is 12.9 Å². The van der Waals surface area contributed by atoms with Gasteiger partial charge in [0.1, 0.15) is 11.5 Å². The van der Waals surface area contributed by atoms with E-state index in [0.29, 0.717) is 5.56 Å². The van der Waals surface area contributed by atoms with Crippen molar-refractivity contribution in [2.24, 2.45) is 0 Å². The Kier molecular flexibility index (Phi) is 3.00. The molecule has 0 aliphatic heterocycles. The maximum absolute atomic E-state index is 13.6. The highest BCUT2D eigenvalue weighted by molar-refractivity contribution is 5.73. The highest BCUT2D eigenvalue weighted by atomic mass is 19.1. The number of aromatic nitrogens is 1. The second-order valence-corrected chi connectivity index (χ2v) is 3.78. The molecule has 0 aliphatic rings. The normalized spacial score (nSPS) is 10.3. The number of hydrogen-bond donors (Lipinski definition) is 0. The predicted octanol–water partition coefficient (Wildman–Crippen LogP) is 3.98. The molecule has 0 spiro atoms. The molecule has 0 saturated heterocycles. The quantitative estimate of drug-likeness (QED) is 0.761. The maximum atomic E-state index is 13.6. The van der Waals surface area contributed by atoms with Gasteiger partial charge in [0, 0.05) is 11.6 Å². The van der Waals surface area contributed by atoms with E-state index in [-0.39, 0.29) is 5.69 Å². The van der Waals surface area contributed by atoms with Gasteiger partial charge in [0.2, 0.25) is 0 Å². The van der Waals surface area contributed by atoms with Crippen LogP contribution in [0.1, 0.15) is 11.1 Å².